The minimum absolute atomic E-state index is 0.0966. The highest BCUT2D eigenvalue weighted by atomic mass is 16.2. The van der Waals surface area contributed by atoms with Gasteiger partial charge in [0.15, 0.2) is 0 Å². The van der Waals surface area contributed by atoms with Gasteiger partial charge in [-0.15, -0.1) is 0 Å². The van der Waals surface area contributed by atoms with Crippen molar-refractivity contribution in [2.75, 3.05) is 6.54 Å². The lowest BCUT2D eigenvalue weighted by molar-refractivity contribution is -0.141. The number of Topliss-reactive ketones (excluding diaryl/α,β-unsaturated/α-hetero) is 1. The summed E-state index contributed by atoms with van der Waals surface area (Å²) in [7, 11) is 0. The molecule has 0 saturated carbocycles. The van der Waals surface area contributed by atoms with Crippen LogP contribution < -0.4 is 0 Å². The van der Waals surface area contributed by atoms with Crippen LogP contribution in [-0.4, -0.2) is 38.7 Å². The normalized spacial score (nSPS) is 22.3. The molecule has 0 bridgehead atoms. The Morgan fingerprint density at radius 1 is 1.19 bits per heavy atom. The molecule has 1 aliphatic heterocycles. The van der Waals surface area contributed by atoms with Gasteiger partial charge in [-0.3, -0.25) is 9.59 Å². The average Bonchev–Trinajstić information content (AvgIpc) is 3.06. The SMILES string of the molecule is CCCCCC1C(C)C(=O)C(=O)N1CCCn1ccnc1. The summed E-state index contributed by atoms with van der Waals surface area (Å²) in [4.78, 5) is 29.9. The lowest BCUT2D eigenvalue weighted by Crippen LogP contribution is -2.36. The minimum atomic E-state index is -0.283. The first-order valence-electron chi connectivity index (χ1n) is 7.95. The zero-order valence-corrected chi connectivity index (χ0v) is 13.0. The van der Waals surface area contributed by atoms with E-state index in [9.17, 15) is 9.59 Å². The van der Waals surface area contributed by atoms with Gasteiger partial charge in [-0.05, 0) is 12.8 Å². The number of ketones is 1. The minimum Gasteiger partial charge on any atom is -0.337 e. The van der Waals surface area contributed by atoms with Crippen LogP contribution in [0.15, 0.2) is 18.7 Å². The maximum absolute atomic E-state index is 12.1. The first-order valence-corrected chi connectivity index (χ1v) is 7.95. The topological polar surface area (TPSA) is 55.2 Å². The summed E-state index contributed by atoms with van der Waals surface area (Å²) < 4.78 is 2.00. The molecule has 0 spiro atoms. The molecule has 5 heteroatoms. The zero-order chi connectivity index (χ0) is 15.2. The Hall–Kier alpha value is -1.65. The summed E-state index contributed by atoms with van der Waals surface area (Å²) >= 11 is 0. The predicted octanol–water partition coefficient (Wildman–Crippen LogP) is 2.27. The van der Waals surface area contributed by atoms with Gasteiger partial charge in [0.05, 0.1) is 6.33 Å². The molecular formula is C16H25N3O2. The third-order valence-corrected chi connectivity index (χ3v) is 4.34. The number of hydrogen-bond donors (Lipinski definition) is 0. The van der Waals surface area contributed by atoms with Crippen LogP contribution in [0, 0.1) is 5.92 Å². The van der Waals surface area contributed by atoms with E-state index >= 15 is 0 Å². The second-order valence-electron chi connectivity index (χ2n) is 5.87. The van der Waals surface area contributed by atoms with Crippen molar-refractivity contribution in [2.24, 2.45) is 5.92 Å². The molecule has 0 aliphatic carbocycles. The fraction of sp³-hybridized carbons (Fsp3) is 0.688. The van der Waals surface area contributed by atoms with Gasteiger partial charge >= 0.3 is 0 Å². The number of aromatic nitrogens is 2. The van der Waals surface area contributed by atoms with Gasteiger partial charge in [0.1, 0.15) is 0 Å². The maximum atomic E-state index is 12.1. The maximum Gasteiger partial charge on any atom is 0.290 e. The Balaban J connectivity index is 1.89. The lowest BCUT2D eigenvalue weighted by atomic mass is 9.96. The Bertz CT molecular complexity index is 470. The summed E-state index contributed by atoms with van der Waals surface area (Å²) in [6, 6.07) is 0.0966. The van der Waals surface area contributed by atoms with Crippen LogP contribution >= 0.6 is 0 Å². The first kappa shape index (κ1) is 15.7. The standard InChI is InChI=1S/C16H25N3O2/c1-3-4-5-7-14-13(2)15(20)16(21)19(14)10-6-9-18-11-8-17-12-18/h8,11-14H,3-7,9-10H2,1-2H3. The van der Waals surface area contributed by atoms with Gasteiger partial charge in [0, 0.05) is 37.4 Å². The third kappa shape index (κ3) is 3.71. The molecule has 0 aromatic carbocycles. The number of aryl methyl sites for hydroxylation is 1. The van der Waals surface area contributed by atoms with Crippen LogP contribution in [0.5, 0.6) is 0 Å². The number of hydrogen-bond acceptors (Lipinski definition) is 3. The van der Waals surface area contributed by atoms with E-state index in [4.69, 9.17) is 0 Å². The molecule has 1 aromatic heterocycles. The van der Waals surface area contributed by atoms with E-state index in [2.05, 4.69) is 11.9 Å². The Labute approximate surface area is 126 Å². The number of carbonyl (C=O) groups excluding carboxylic acids is 2. The van der Waals surface area contributed by atoms with E-state index in [1.165, 1.54) is 0 Å². The van der Waals surface area contributed by atoms with Gasteiger partial charge in [-0.2, -0.15) is 0 Å². The first-order chi connectivity index (χ1) is 10.1. The zero-order valence-electron chi connectivity index (χ0n) is 13.0. The summed E-state index contributed by atoms with van der Waals surface area (Å²) in [5.74, 6) is -0.642. The van der Waals surface area contributed by atoms with E-state index in [-0.39, 0.29) is 23.7 Å². The van der Waals surface area contributed by atoms with Crippen molar-refractivity contribution in [3.63, 3.8) is 0 Å². The molecule has 116 valence electrons. The summed E-state index contributed by atoms with van der Waals surface area (Å²) in [6.45, 7) is 5.54. The van der Waals surface area contributed by atoms with E-state index in [1.54, 1.807) is 17.4 Å². The number of amides is 1. The quantitative estimate of drug-likeness (QED) is 0.545. The number of unbranched alkanes of at least 4 members (excludes halogenated alkanes) is 2. The molecule has 1 amide bonds. The number of rotatable bonds is 8. The highest BCUT2D eigenvalue weighted by Gasteiger charge is 2.43. The van der Waals surface area contributed by atoms with Crippen LogP contribution in [0.2, 0.25) is 0 Å². The Morgan fingerprint density at radius 2 is 2.00 bits per heavy atom. The van der Waals surface area contributed by atoms with Crippen LogP contribution in [-0.2, 0) is 16.1 Å². The second kappa shape index (κ2) is 7.38. The van der Waals surface area contributed by atoms with Crippen LogP contribution in [0.4, 0.5) is 0 Å². The van der Waals surface area contributed by atoms with Crippen molar-refractivity contribution in [2.45, 2.75) is 58.5 Å². The molecule has 1 fully saturated rings. The van der Waals surface area contributed by atoms with Gasteiger partial charge in [-0.1, -0.05) is 33.1 Å². The fourth-order valence-electron chi connectivity index (χ4n) is 3.05. The molecule has 2 heterocycles. The average molecular weight is 291 g/mol. The lowest BCUT2D eigenvalue weighted by Gasteiger charge is -2.26. The van der Waals surface area contributed by atoms with Crippen molar-refractivity contribution < 1.29 is 9.59 Å². The van der Waals surface area contributed by atoms with E-state index in [0.29, 0.717) is 6.54 Å². The van der Waals surface area contributed by atoms with Gasteiger partial charge in [0.25, 0.3) is 5.91 Å². The number of likely N-dealkylation sites (tertiary alicyclic amines) is 1. The number of carbonyl (C=O) groups is 2. The molecule has 2 unspecified atom stereocenters. The largest absolute Gasteiger partial charge is 0.337 e. The van der Waals surface area contributed by atoms with Crippen molar-refractivity contribution >= 4 is 11.7 Å². The highest BCUT2D eigenvalue weighted by Crippen LogP contribution is 2.26. The molecule has 0 N–H and O–H groups in total. The molecule has 2 atom stereocenters. The smallest absolute Gasteiger partial charge is 0.290 e. The van der Waals surface area contributed by atoms with Crippen molar-refractivity contribution in [3.8, 4) is 0 Å². The third-order valence-electron chi connectivity index (χ3n) is 4.34. The van der Waals surface area contributed by atoms with Crippen molar-refractivity contribution in [1.29, 1.82) is 0 Å². The van der Waals surface area contributed by atoms with Gasteiger partial charge in [-0.25, -0.2) is 4.98 Å². The second-order valence-corrected chi connectivity index (χ2v) is 5.87. The molecule has 0 radical (unpaired) electrons. The number of imidazole rings is 1. The monoisotopic (exact) mass is 291 g/mol. The van der Waals surface area contributed by atoms with Crippen LogP contribution in [0.3, 0.4) is 0 Å². The highest BCUT2D eigenvalue weighted by molar-refractivity contribution is 6.39. The fourth-order valence-corrected chi connectivity index (χ4v) is 3.05. The summed E-state index contributed by atoms with van der Waals surface area (Å²) in [6.07, 6.45) is 10.6. The summed E-state index contributed by atoms with van der Waals surface area (Å²) in [5.41, 5.74) is 0. The van der Waals surface area contributed by atoms with Gasteiger partial charge in [0.2, 0.25) is 5.78 Å². The summed E-state index contributed by atoms with van der Waals surface area (Å²) in [5, 5.41) is 0. The molecule has 1 saturated heterocycles. The van der Waals surface area contributed by atoms with Crippen LogP contribution in [0.25, 0.3) is 0 Å². The van der Waals surface area contributed by atoms with Crippen LogP contribution in [0.1, 0.15) is 46.0 Å². The van der Waals surface area contributed by atoms with E-state index < -0.39 is 0 Å². The molecule has 21 heavy (non-hydrogen) atoms. The van der Waals surface area contributed by atoms with Crippen molar-refractivity contribution in [3.05, 3.63) is 18.7 Å². The number of nitrogens with zero attached hydrogens (tertiary/aromatic N) is 3. The van der Waals surface area contributed by atoms with E-state index in [1.807, 2.05) is 17.7 Å². The Kier molecular flexibility index (Phi) is 5.53. The predicted molar refractivity (Wildman–Crippen MR) is 80.7 cm³/mol. The Morgan fingerprint density at radius 3 is 2.67 bits per heavy atom. The molecule has 1 aliphatic rings. The molecule has 5 nitrogen and oxygen atoms in total. The van der Waals surface area contributed by atoms with E-state index in [0.717, 1.165) is 38.6 Å². The van der Waals surface area contributed by atoms with Crippen molar-refractivity contribution in [1.82, 2.24) is 14.5 Å². The molecule has 2 rings (SSSR count). The molecular weight excluding hydrogens is 266 g/mol. The molecule has 1 aromatic rings. The van der Waals surface area contributed by atoms with Gasteiger partial charge < -0.3 is 9.47 Å².